The van der Waals surface area contributed by atoms with Crippen molar-refractivity contribution in [3.8, 4) is 0 Å². The van der Waals surface area contributed by atoms with Gasteiger partial charge in [-0.15, -0.1) is 0 Å². The molecule has 0 unspecified atom stereocenters. The molecule has 0 heterocycles. The summed E-state index contributed by atoms with van der Waals surface area (Å²) in [5.41, 5.74) is 5.21. The van der Waals surface area contributed by atoms with E-state index in [1.165, 1.54) is 18.2 Å². The summed E-state index contributed by atoms with van der Waals surface area (Å²) < 4.78 is 15.2. The van der Waals surface area contributed by atoms with Crippen LogP contribution in [0.3, 0.4) is 0 Å². The Labute approximate surface area is 103 Å². The van der Waals surface area contributed by atoms with Crippen molar-refractivity contribution in [2.75, 3.05) is 6.54 Å². The topological polar surface area (TPSA) is 84.2 Å². The molecule has 0 aliphatic rings. The van der Waals surface area contributed by atoms with Gasteiger partial charge in [0, 0.05) is 12.1 Å². The van der Waals surface area contributed by atoms with E-state index in [1.807, 2.05) is 0 Å². The van der Waals surface area contributed by atoms with E-state index in [0.29, 0.717) is 0 Å². The molecular formula is C10H12FN3O2S. The van der Waals surface area contributed by atoms with Gasteiger partial charge in [0.1, 0.15) is 11.9 Å². The Hall–Kier alpha value is -1.60. The SMILES string of the molecule is NC(=O)[C@H](CNC(=O)c1cccc(F)c1)NS. The maximum Gasteiger partial charge on any atom is 0.251 e. The van der Waals surface area contributed by atoms with Crippen LogP contribution in [-0.2, 0) is 4.79 Å². The number of halogens is 1. The maximum atomic E-state index is 12.8. The lowest BCUT2D eigenvalue weighted by Crippen LogP contribution is -2.45. The molecule has 0 radical (unpaired) electrons. The highest BCUT2D eigenvalue weighted by Crippen LogP contribution is 2.02. The molecule has 0 aromatic heterocycles. The molecule has 0 fully saturated rings. The van der Waals surface area contributed by atoms with E-state index in [4.69, 9.17) is 5.73 Å². The Morgan fingerprint density at radius 1 is 1.47 bits per heavy atom. The third kappa shape index (κ3) is 4.04. The molecule has 1 aromatic carbocycles. The molecule has 92 valence electrons. The molecule has 0 saturated carbocycles. The molecular weight excluding hydrogens is 245 g/mol. The van der Waals surface area contributed by atoms with Crippen molar-refractivity contribution in [1.82, 2.24) is 10.0 Å². The fourth-order valence-corrected chi connectivity index (χ4v) is 1.35. The van der Waals surface area contributed by atoms with Crippen LogP contribution in [-0.4, -0.2) is 24.4 Å². The first kappa shape index (κ1) is 13.5. The van der Waals surface area contributed by atoms with Gasteiger partial charge in [0.05, 0.1) is 0 Å². The Bertz CT molecular complexity index is 428. The molecule has 1 aromatic rings. The van der Waals surface area contributed by atoms with Gasteiger partial charge < -0.3 is 11.1 Å². The van der Waals surface area contributed by atoms with Gasteiger partial charge in [-0.2, -0.15) is 0 Å². The molecule has 5 nitrogen and oxygen atoms in total. The Morgan fingerprint density at radius 3 is 2.71 bits per heavy atom. The van der Waals surface area contributed by atoms with Crippen LogP contribution < -0.4 is 15.8 Å². The second kappa shape index (κ2) is 6.21. The highest BCUT2D eigenvalue weighted by Gasteiger charge is 2.15. The maximum absolute atomic E-state index is 12.8. The van der Waals surface area contributed by atoms with Crippen molar-refractivity contribution < 1.29 is 14.0 Å². The third-order valence-corrected chi connectivity index (χ3v) is 2.36. The quantitative estimate of drug-likeness (QED) is 0.553. The molecule has 0 spiro atoms. The van der Waals surface area contributed by atoms with Gasteiger partial charge >= 0.3 is 0 Å². The zero-order valence-electron chi connectivity index (χ0n) is 8.81. The van der Waals surface area contributed by atoms with Crippen molar-refractivity contribution in [2.45, 2.75) is 6.04 Å². The fraction of sp³-hybridized carbons (Fsp3) is 0.200. The number of benzene rings is 1. The first-order valence-electron chi connectivity index (χ1n) is 4.77. The number of amides is 2. The smallest absolute Gasteiger partial charge is 0.251 e. The van der Waals surface area contributed by atoms with Crippen LogP contribution >= 0.6 is 12.8 Å². The molecule has 0 aliphatic heterocycles. The minimum atomic E-state index is -0.782. The van der Waals surface area contributed by atoms with Crippen LogP contribution in [0, 0.1) is 5.82 Å². The summed E-state index contributed by atoms with van der Waals surface area (Å²) in [5.74, 6) is -1.63. The summed E-state index contributed by atoms with van der Waals surface area (Å²) in [7, 11) is 0. The Balaban J connectivity index is 2.58. The number of primary amides is 1. The molecule has 17 heavy (non-hydrogen) atoms. The second-order valence-corrected chi connectivity index (χ2v) is 3.56. The monoisotopic (exact) mass is 257 g/mol. The largest absolute Gasteiger partial charge is 0.368 e. The molecule has 0 saturated heterocycles. The van der Waals surface area contributed by atoms with Crippen molar-refractivity contribution in [3.05, 3.63) is 35.6 Å². The van der Waals surface area contributed by atoms with Crippen LogP contribution in [0.1, 0.15) is 10.4 Å². The predicted molar refractivity (Wildman–Crippen MR) is 63.8 cm³/mol. The Morgan fingerprint density at radius 2 is 2.18 bits per heavy atom. The van der Waals surface area contributed by atoms with Crippen LogP contribution in [0.2, 0.25) is 0 Å². The standard InChI is InChI=1S/C10H12FN3O2S/c11-7-3-1-2-6(4-7)10(16)13-5-8(14-17)9(12)15/h1-4,8,14,17H,5H2,(H2,12,15)(H,13,16)/t8-/m0/s1. The fourth-order valence-electron chi connectivity index (χ4n) is 1.14. The molecule has 2 amide bonds. The van der Waals surface area contributed by atoms with Gasteiger partial charge in [0.25, 0.3) is 5.91 Å². The number of carbonyl (C=O) groups is 2. The number of nitrogens with one attached hydrogen (secondary N) is 2. The molecule has 7 heteroatoms. The zero-order valence-corrected chi connectivity index (χ0v) is 9.71. The van der Waals surface area contributed by atoms with Gasteiger partial charge in [-0.1, -0.05) is 18.9 Å². The summed E-state index contributed by atoms with van der Waals surface area (Å²) >= 11 is 3.70. The van der Waals surface area contributed by atoms with Crippen LogP contribution in [0.15, 0.2) is 24.3 Å². The van der Waals surface area contributed by atoms with Gasteiger partial charge in [-0.05, 0) is 18.2 Å². The number of hydrogen-bond donors (Lipinski definition) is 4. The van der Waals surface area contributed by atoms with Crippen molar-refractivity contribution in [1.29, 1.82) is 0 Å². The zero-order chi connectivity index (χ0) is 12.8. The van der Waals surface area contributed by atoms with Gasteiger partial charge in [0.15, 0.2) is 0 Å². The average Bonchev–Trinajstić information content (AvgIpc) is 2.29. The molecule has 0 aliphatic carbocycles. The first-order chi connectivity index (χ1) is 8.04. The lowest BCUT2D eigenvalue weighted by atomic mass is 10.2. The van der Waals surface area contributed by atoms with Crippen LogP contribution in [0.5, 0.6) is 0 Å². The summed E-state index contributed by atoms with van der Waals surface area (Å²) in [6, 6.07) is 4.44. The average molecular weight is 257 g/mol. The summed E-state index contributed by atoms with van der Waals surface area (Å²) in [5, 5.41) is 2.44. The number of thiol groups is 1. The Kier molecular flexibility index (Phi) is 4.92. The van der Waals surface area contributed by atoms with E-state index in [1.54, 1.807) is 0 Å². The molecule has 1 atom stereocenters. The van der Waals surface area contributed by atoms with Crippen molar-refractivity contribution in [2.24, 2.45) is 5.73 Å². The minimum absolute atomic E-state index is 0.0197. The second-order valence-electron chi connectivity index (χ2n) is 3.30. The minimum Gasteiger partial charge on any atom is -0.368 e. The van der Waals surface area contributed by atoms with E-state index in [2.05, 4.69) is 22.9 Å². The van der Waals surface area contributed by atoms with Crippen LogP contribution in [0.4, 0.5) is 4.39 Å². The molecule has 0 bridgehead atoms. The van der Waals surface area contributed by atoms with E-state index in [0.717, 1.165) is 6.07 Å². The van der Waals surface area contributed by atoms with E-state index in [9.17, 15) is 14.0 Å². The molecule has 4 N–H and O–H groups in total. The predicted octanol–water partition coefficient (Wildman–Crippen LogP) is -0.156. The highest BCUT2D eigenvalue weighted by molar-refractivity contribution is 7.78. The number of carbonyl (C=O) groups excluding carboxylic acids is 2. The van der Waals surface area contributed by atoms with Gasteiger partial charge in [0.2, 0.25) is 5.91 Å². The third-order valence-electron chi connectivity index (χ3n) is 2.05. The van der Waals surface area contributed by atoms with Crippen molar-refractivity contribution in [3.63, 3.8) is 0 Å². The lowest BCUT2D eigenvalue weighted by Gasteiger charge is -2.12. The normalized spacial score (nSPS) is 11.9. The van der Waals surface area contributed by atoms with Gasteiger partial charge in [-0.25, -0.2) is 4.39 Å². The van der Waals surface area contributed by atoms with E-state index in [-0.39, 0.29) is 12.1 Å². The number of hydrogen-bond acceptors (Lipinski definition) is 4. The highest BCUT2D eigenvalue weighted by atomic mass is 32.1. The van der Waals surface area contributed by atoms with E-state index < -0.39 is 23.7 Å². The van der Waals surface area contributed by atoms with Crippen LogP contribution in [0.25, 0.3) is 0 Å². The summed E-state index contributed by atoms with van der Waals surface area (Å²) in [6.07, 6.45) is 0. The lowest BCUT2D eigenvalue weighted by molar-refractivity contribution is -0.119. The number of rotatable bonds is 5. The van der Waals surface area contributed by atoms with Gasteiger partial charge in [-0.3, -0.25) is 14.3 Å². The summed E-state index contributed by atoms with van der Waals surface area (Å²) in [4.78, 5) is 22.4. The number of nitrogens with two attached hydrogens (primary N) is 1. The van der Waals surface area contributed by atoms with E-state index >= 15 is 0 Å². The first-order valence-corrected chi connectivity index (χ1v) is 5.22. The molecule has 1 rings (SSSR count). The van der Waals surface area contributed by atoms with Crippen molar-refractivity contribution >= 4 is 24.6 Å². The summed E-state index contributed by atoms with van der Waals surface area (Å²) in [6.45, 7) is -0.0197.